The Kier molecular flexibility index (Phi) is 6.74. The number of amides is 2. The van der Waals surface area contributed by atoms with Gasteiger partial charge in [0.05, 0.1) is 18.1 Å². The molecule has 1 aromatic heterocycles. The number of morpholine rings is 1. The standard InChI is InChI=1S/C24H32N2O3S/c1-17(2)15-22(27)26-10-6-5-7-18(26)16-20-19-8-3-4-9-21(19)30-23(20)24(28)25-11-13-29-14-12-25/h3-4,8-9,17-18H,5-7,10-16H2,1-2H3. The van der Waals surface area contributed by atoms with Crippen LogP contribution in [0.3, 0.4) is 0 Å². The Balaban J connectivity index is 1.65. The number of hydrogen-bond donors (Lipinski definition) is 0. The summed E-state index contributed by atoms with van der Waals surface area (Å²) in [6, 6.07) is 8.48. The Morgan fingerprint density at radius 2 is 1.90 bits per heavy atom. The molecule has 2 fully saturated rings. The van der Waals surface area contributed by atoms with E-state index in [-0.39, 0.29) is 17.9 Å². The van der Waals surface area contributed by atoms with Gasteiger partial charge in [-0.3, -0.25) is 9.59 Å². The molecule has 0 bridgehead atoms. The molecule has 6 heteroatoms. The summed E-state index contributed by atoms with van der Waals surface area (Å²) < 4.78 is 6.59. The van der Waals surface area contributed by atoms with E-state index in [2.05, 4.69) is 30.9 Å². The molecule has 0 saturated carbocycles. The first kappa shape index (κ1) is 21.3. The second-order valence-corrected chi connectivity index (χ2v) is 9.90. The summed E-state index contributed by atoms with van der Waals surface area (Å²) in [4.78, 5) is 31.2. The highest BCUT2D eigenvalue weighted by Crippen LogP contribution is 2.35. The fourth-order valence-electron chi connectivity index (χ4n) is 4.63. The van der Waals surface area contributed by atoms with Crippen molar-refractivity contribution in [3.8, 4) is 0 Å². The predicted octanol–water partition coefficient (Wildman–Crippen LogP) is 4.34. The van der Waals surface area contributed by atoms with E-state index in [0.717, 1.165) is 47.4 Å². The molecule has 162 valence electrons. The van der Waals surface area contributed by atoms with Gasteiger partial charge in [0.1, 0.15) is 0 Å². The zero-order valence-electron chi connectivity index (χ0n) is 18.1. The second kappa shape index (κ2) is 9.48. The highest BCUT2D eigenvalue weighted by atomic mass is 32.1. The van der Waals surface area contributed by atoms with Gasteiger partial charge in [-0.1, -0.05) is 32.0 Å². The van der Waals surface area contributed by atoms with Crippen LogP contribution in [-0.2, 0) is 16.0 Å². The Labute approximate surface area is 183 Å². The van der Waals surface area contributed by atoms with E-state index < -0.39 is 0 Å². The molecule has 2 amide bonds. The van der Waals surface area contributed by atoms with E-state index in [4.69, 9.17) is 4.74 Å². The molecule has 0 aliphatic carbocycles. The normalized spacial score (nSPS) is 20.2. The Bertz CT molecular complexity index is 901. The van der Waals surface area contributed by atoms with E-state index in [1.54, 1.807) is 11.3 Å². The highest BCUT2D eigenvalue weighted by Gasteiger charge is 2.31. The molecule has 1 atom stereocenters. The molecule has 2 aliphatic rings. The van der Waals surface area contributed by atoms with Gasteiger partial charge in [0.25, 0.3) is 5.91 Å². The van der Waals surface area contributed by atoms with Gasteiger partial charge in [-0.05, 0) is 48.6 Å². The summed E-state index contributed by atoms with van der Waals surface area (Å²) in [5, 5.41) is 1.17. The molecular formula is C24H32N2O3S. The molecule has 0 radical (unpaired) electrons. The number of carbonyl (C=O) groups excluding carboxylic acids is 2. The molecule has 30 heavy (non-hydrogen) atoms. The van der Waals surface area contributed by atoms with Crippen LogP contribution < -0.4 is 0 Å². The van der Waals surface area contributed by atoms with E-state index in [0.29, 0.717) is 38.6 Å². The average molecular weight is 429 g/mol. The van der Waals surface area contributed by atoms with E-state index in [9.17, 15) is 9.59 Å². The number of likely N-dealkylation sites (tertiary alicyclic amines) is 1. The number of rotatable bonds is 5. The lowest BCUT2D eigenvalue weighted by Gasteiger charge is -2.36. The van der Waals surface area contributed by atoms with Crippen molar-refractivity contribution in [2.45, 2.75) is 52.0 Å². The number of thiophene rings is 1. The van der Waals surface area contributed by atoms with Crippen LogP contribution in [0.15, 0.2) is 24.3 Å². The third-order valence-electron chi connectivity index (χ3n) is 6.16. The monoisotopic (exact) mass is 428 g/mol. The topological polar surface area (TPSA) is 49.9 Å². The minimum atomic E-state index is 0.116. The van der Waals surface area contributed by atoms with Crippen LogP contribution >= 0.6 is 11.3 Å². The Hall–Kier alpha value is -1.92. The zero-order chi connectivity index (χ0) is 21.1. The lowest BCUT2D eigenvalue weighted by Crippen LogP contribution is -2.45. The number of carbonyl (C=O) groups is 2. The van der Waals surface area contributed by atoms with E-state index in [1.807, 2.05) is 17.0 Å². The minimum absolute atomic E-state index is 0.116. The van der Waals surface area contributed by atoms with Gasteiger partial charge in [0.15, 0.2) is 0 Å². The van der Waals surface area contributed by atoms with E-state index in [1.165, 1.54) is 5.39 Å². The summed E-state index contributed by atoms with van der Waals surface area (Å²) >= 11 is 1.60. The summed E-state index contributed by atoms with van der Waals surface area (Å²) in [6.45, 7) is 7.54. The maximum absolute atomic E-state index is 13.4. The van der Waals surface area contributed by atoms with Gasteiger partial charge in [0, 0.05) is 36.8 Å². The zero-order valence-corrected chi connectivity index (χ0v) is 18.9. The smallest absolute Gasteiger partial charge is 0.264 e. The molecule has 3 heterocycles. The number of nitrogens with zero attached hydrogens (tertiary/aromatic N) is 2. The first-order valence-electron chi connectivity index (χ1n) is 11.2. The first-order valence-corrected chi connectivity index (χ1v) is 12.0. The van der Waals surface area contributed by atoms with Gasteiger partial charge >= 0.3 is 0 Å². The van der Waals surface area contributed by atoms with Crippen LogP contribution in [0.25, 0.3) is 10.1 Å². The molecule has 0 N–H and O–H groups in total. The maximum atomic E-state index is 13.4. The molecule has 2 aliphatic heterocycles. The third-order valence-corrected chi connectivity index (χ3v) is 7.36. The fraction of sp³-hybridized carbons (Fsp3) is 0.583. The molecule has 1 aromatic carbocycles. The Morgan fingerprint density at radius 1 is 1.13 bits per heavy atom. The van der Waals surface area contributed by atoms with Crippen molar-refractivity contribution >= 4 is 33.2 Å². The third kappa shape index (κ3) is 4.54. The molecule has 2 aromatic rings. The van der Waals surface area contributed by atoms with Crippen LogP contribution in [0.2, 0.25) is 0 Å². The highest BCUT2D eigenvalue weighted by molar-refractivity contribution is 7.21. The number of fused-ring (bicyclic) bond motifs is 1. The molecule has 1 unspecified atom stereocenters. The lowest BCUT2D eigenvalue weighted by molar-refractivity contribution is -0.135. The number of hydrogen-bond acceptors (Lipinski definition) is 4. The Morgan fingerprint density at radius 3 is 2.67 bits per heavy atom. The van der Waals surface area contributed by atoms with Crippen molar-refractivity contribution in [2.24, 2.45) is 5.92 Å². The van der Waals surface area contributed by atoms with Crippen molar-refractivity contribution in [2.75, 3.05) is 32.8 Å². The molecule has 2 saturated heterocycles. The molecule has 4 rings (SSSR count). The van der Waals surface area contributed by atoms with Crippen molar-refractivity contribution in [1.29, 1.82) is 0 Å². The second-order valence-electron chi connectivity index (χ2n) is 8.85. The predicted molar refractivity (Wildman–Crippen MR) is 121 cm³/mol. The summed E-state index contributed by atoms with van der Waals surface area (Å²) in [6.07, 6.45) is 4.59. The number of piperidine rings is 1. The number of benzene rings is 1. The number of ether oxygens (including phenoxy) is 1. The summed E-state index contributed by atoms with van der Waals surface area (Å²) in [7, 11) is 0. The molecular weight excluding hydrogens is 396 g/mol. The average Bonchev–Trinajstić information content (AvgIpc) is 3.12. The lowest BCUT2D eigenvalue weighted by atomic mass is 9.93. The van der Waals surface area contributed by atoms with E-state index >= 15 is 0 Å². The first-order chi connectivity index (χ1) is 14.5. The van der Waals surface area contributed by atoms with Gasteiger partial charge in [-0.15, -0.1) is 11.3 Å². The van der Waals surface area contributed by atoms with Crippen LogP contribution in [-0.4, -0.2) is 60.5 Å². The van der Waals surface area contributed by atoms with Gasteiger partial charge in [-0.2, -0.15) is 0 Å². The van der Waals surface area contributed by atoms with Crippen molar-refractivity contribution in [3.63, 3.8) is 0 Å². The van der Waals surface area contributed by atoms with Crippen LogP contribution in [0.5, 0.6) is 0 Å². The van der Waals surface area contributed by atoms with Crippen LogP contribution in [0.4, 0.5) is 0 Å². The van der Waals surface area contributed by atoms with Crippen LogP contribution in [0.1, 0.15) is 54.8 Å². The molecule has 0 spiro atoms. The quantitative estimate of drug-likeness (QED) is 0.712. The fourth-order valence-corrected chi connectivity index (χ4v) is 5.83. The molecule has 5 nitrogen and oxygen atoms in total. The van der Waals surface area contributed by atoms with Crippen LogP contribution in [0, 0.1) is 5.92 Å². The minimum Gasteiger partial charge on any atom is -0.378 e. The van der Waals surface area contributed by atoms with Gasteiger partial charge in [0.2, 0.25) is 5.91 Å². The van der Waals surface area contributed by atoms with Crippen molar-refractivity contribution in [1.82, 2.24) is 9.80 Å². The van der Waals surface area contributed by atoms with Gasteiger partial charge in [-0.25, -0.2) is 0 Å². The maximum Gasteiger partial charge on any atom is 0.264 e. The summed E-state index contributed by atoms with van der Waals surface area (Å²) in [5.74, 6) is 0.737. The van der Waals surface area contributed by atoms with Crippen molar-refractivity contribution in [3.05, 3.63) is 34.7 Å². The van der Waals surface area contributed by atoms with Crippen molar-refractivity contribution < 1.29 is 14.3 Å². The summed E-state index contributed by atoms with van der Waals surface area (Å²) in [5.41, 5.74) is 1.13. The SMILES string of the molecule is CC(C)CC(=O)N1CCCCC1Cc1c(C(=O)N2CCOCC2)sc2ccccc12. The largest absolute Gasteiger partial charge is 0.378 e. The van der Waals surface area contributed by atoms with Gasteiger partial charge < -0.3 is 14.5 Å².